The summed E-state index contributed by atoms with van der Waals surface area (Å²) in [7, 11) is 0. The molecule has 0 radical (unpaired) electrons. The zero-order chi connectivity index (χ0) is 11.1. The first kappa shape index (κ1) is 12.3. The van der Waals surface area contributed by atoms with Crippen molar-refractivity contribution >= 4 is 22.2 Å². The summed E-state index contributed by atoms with van der Waals surface area (Å²) in [4.78, 5) is 10.2. The highest BCUT2D eigenvalue weighted by atomic mass is 79.9. The molecule has 1 fully saturated rings. The fraction of sp³-hybridized carbons (Fsp3) is 0.364. The predicted octanol–water partition coefficient (Wildman–Crippen LogP) is 3.20. The maximum absolute atomic E-state index is 12.3. The summed E-state index contributed by atoms with van der Waals surface area (Å²) < 4.78 is 17.8. The van der Waals surface area contributed by atoms with Crippen molar-refractivity contribution in [1.82, 2.24) is 0 Å². The number of carbonyl (C=O) groups excluding carboxylic acids is 1. The molecule has 1 aromatic rings. The summed E-state index contributed by atoms with van der Waals surface area (Å²) in [6.45, 7) is 2.00. The van der Waals surface area contributed by atoms with Gasteiger partial charge in [-0.1, -0.05) is 0 Å². The van der Waals surface area contributed by atoms with Gasteiger partial charge in [0.25, 0.3) is 0 Å². The second-order valence-electron chi connectivity index (χ2n) is 3.10. The van der Waals surface area contributed by atoms with Crippen molar-refractivity contribution in [3.8, 4) is 0 Å². The van der Waals surface area contributed by atoms with Crippen LogP contribution >= 0.6 is 15.9 Å². The number of hydrogen-bond donors (Lipinski definition) is 0. The number of ether oxygens (including phenoxy) is 1. The molecule has 0 N–H and O–H groups in total. The van der Waals surface area contributed by atoms with Gasteiger partial charge in [0.15, 0.2) is 6.29 Å². The summed E-state index contributed by atoms with van der Waals surface area (Å²) in [5, 5.41) is 0. The average molecular weight is 275 g/mol. The van der Waals surface area contributed by atoms with Gasteiger partial charge in [-0.3, -0.25) is 4.79 Å². The van der Waals surface area contributed by atoms with Gasteiger partial charge in [-0.2, -0.15) is 0 Å². The molecule has 1 aliphatic rings. The molecule has 4 heteroatoms. The Hall–Kier alpha value is -0.740. The molecule has 0 bridgehead atoms. The lowest BCUT2D eigenvalue weighted by atomic mass is 10.2. The van der Waals surface area contributed by atoms with Crippen LogP contribution in [0.15, 0.2) is 22.7 Å². The van der Waals surface area contributed by atoms with Crippen LogP contribution in [0.1, 0.15) is 23.2 Å². The minimum Gasteiger partial charge on any atom is -0.381 e. The highest BCUT2D eigenvalue weighted by Gasteiger charge is 1.97. The van der Waals surface area contributed by atoms with Crippen LogP contribution in [0.25, 0.3) is 0 Å². The molecule has 15 heavy (non-hydrogen) atoms. The van der Waals surface area contributed by atoms with Crippen LogP contribution < -0.4 is 0 Å². The van der Waals surface area contributed by atoms with E-state index in [0.29, 0.717) is 16.3 Å². The van der Waals surface area contributed by atoms with Gasteiger partial charge in [-0.25, -0.2) is 4.39 Å². The second kappa shape index (κ2) is 6.69. The van der Waals surface area contributed by atoms with Crippen LogP contribution in [0.3, 0.4) is 0 Å². The first-order valence-electron chi connectivity index (χ1n) is 4.72. The Kier molecular flexibility index (Phi) is 5.50. The maximum atomic E-state index is 12.3. The lowest BCUT2D eigenvalue weighted by molar-refractivity contribution is 0.112. The van der Waals surface area contributed by atoms with E-state index in [1.165, 1.54) is 31.0 Å². The van der Waals surface area contributed by atoms with E-state index in [0.717, 1.165) is 13.2 Å². The first-order valence-corrected chi connectivity index (χ1v) is 5.51. The fourth-order valence-electron chi connectivity index (χ4n) is 1.11. The van der Waals surface area contributed by atoms with Crippen LogP contribution in [0.2, 0.25) is 0 Å². The summed E-state index contributed by atoms with van der Waals surface area (Å²) in [5.41, 5.74) is 0.460. The number of benzene rings is 1. The number of rotatable bonds is 1. The van der Waals surface area contributed by atoms with E-state index in [2.05, 4.69) is 15.9 Å². The predicted molar refractivity (Wildman–Crippen MR) is 59.5 cm³/mol. The van der Waals surface area contributed by atoms with Crippen LogP contribution in [0.5, 0.6) is 0 Å². The molecule has 0 saturated carbocycles. The van der Waals surface area contributed by atoms with Crippen LogP contribution in [-0.4, -0.2) is 19.5 Å². The molecule has 1 aromatic carbocycles. The molecule has 0 spiro atoms. The second-order valence-corrected chi connectivity index (χ2v) is 3.96. The highest BCUT2D eigenvalue weighted by Crippen LogP contribution is 2.15. The molecule has 82 valence electrons. The fourth-order valence-corrected chi connectivity index (χ4v) is 1.55. The third-order valence-corrected chi connectivity index (χ3v) is 2.60. The Morgan fingerprint density at radius 3 is 2.40 bits per heavy atom. The Morgan fingerprint density at radius 2 is 2.00 bits per heavy atom. The zero-order valence-electron chi connectivity index (χ0n) is 8.21. The molecule has 0 atom stereocenters. The molecule has 1 aliphatic heterocycles. The smallest absolute Gasteiger partial charge is 0.151 e. The standard InChI is InChI=1S/C7H4BrFO.C4H8O/c8-7-3-6(9)2-1-5(7)4-10;1-2-4-5-3-1/h1-4H;1-4H2. The molecule has 2 nitrogen and oxygen atoms in total. The van der Waals surface area contributed by atoms with E-state index in [1.54, 1.807) is 0 Å². The van der Waals surface area contributed by atoms with E-state index >= 15 is 0 Å². The molecule has 0 unspecified atom stereocenters. The normalized spacial score (nSPS) is 14.3. The summed E-state index contributed by atoms with van der Waals surface area (Å²) in [6.07, 6.45) is 3.23. The van der Waals surface area contributed by atoms with E-state index < -0.39 is 0 Å². The number of halogens is 2. The van der Waals surface area contributed by atoms with E-state index in [4.69, 9.17) is 4.74 Å². The van der Waals surface area contributed by atoms with Gasteiger partial charge in [0.1, 0.15) is 5.82 Å². The summed E-state index contributed by atoms with van der Waals surface area (Å²) in [5.74, 6) is -0.350. The van der Waals surface area contributed by atoms with Crippen LogP contribution in [0.4, 0.5) is 4.39 Å². The number of carbonyl (C=O) groups is 1. The molecule has 0 aromatic heterocycles. The SMILES string of the molecule is C1CCOC1.O=Cc1ccc(F)cc1Br. The van der Waals surface area contributed by atoms with Crippen molar-refractivity contribution in [2.45, 2.75) is 12.8 Å². The Balaban J connectivity index is 0.000000187. The largest absolute Gasteiger partial charge is 0.381 e. The van der Waals surface area contributed by atoms with Crippen molar-refractivity contribution in [3.05, 3.63) is 34.1 Å². The van der Waals surface area contributed by atoms with Crippen molar-refractivity contribution in [1.29, 1.82) is 0 Å². The quantitative estimate of drug-likeness (QED) is 0.736. The Morgan fingerprint density at radius 1 is 1.33 bits per heavy atom. The van der Waals surface area contributed by atoms with Crippen LogP contribution in [-0.2, 0) is 4.74 Å². The topological polar surface area (TPSA) is 26.3 Å². The third-order valence-electron chi connectivity index (χ3n) is 1.92. The summed E-state index contributed by atoms with van der Waals surface area (Å²) in [6, 6.07) is 3.92. The molecule has 1 heterocycles. The molecule has 0 aliphatic carbocycles. The van der Waals surface area contributed by atoms with Crippen LogP contribution in [0, 0.1) is 5.82 Å². The lowest BCUT2D eigenvalue weighted by Crippen LogP contribution is -1.82. The first-order chi connectivity index (χ1) is 7.24. The van der Waals surface area contributed by atoms with E-state index in [9.17, 15) is 9.18 Å². The van der Waals surface area contributed by atoms with E-state index in [1.807, 2.05) is 0 Å². The molecule has 2 rings (SSSR count). The lowest BCUT2D eigenvalue weighted by Gasteiger charge is -1.93. The highest BCUT2D eigenvalue weighted by molar-refractivity contribution is 9.10. The number of hydrogen-bond acceptors (Lipinski definition) is 2. The van der Waals surface area contributed by atoms with Crippen molar-refractivity contribution in [2.24, 2.45) is 0 Å². The monoisotopic (exact) mass is 274 g/mol. The Labute approximate surface area is 96.6 Å². The summed E-state index contributed by atoms with van der Waals surface area (Å²) >= 11 is 3.04. The van der Waals surface area contributed by atoms with Crippen molar-refractivity contribution < 1.29 is 13.9 Å². The molecule has 1 saturated heterocycles. The number of aldehydes is 1. The van der Waals surface area contributed by atoms with Gasteiger partial charge < -0.3 is 4.74 Å². The minimum atomic E-state index is -0.350. The minimum absolute atomic E-state index is 0.350. The van der Waals surface area contributed by atoms with E-state index in [-0.39, 0.29) is 5.82 Å². The Bertz CT molecular complexity index is 317. The molecule has 0 amide bonds. The van der Waals surface area contributed by atoms with Gasteiger partial charge in [0.2, 0.25) is 0 Å². The zero-order valence-corrected chi connectivity index (χ0v) is 9.80. The maximum Gasteiger partial charge on any atom is 0.151 e. The van der Waals surface area contributed by atoms with Gasteiger partial charge in [-0.15, -0.1) is 0 Å². The van der Waals surface area contributed by atoms with Crippen molar-refractivity contribution in [2.75, 3.05) is 13.2 Å². The molecular formula is C11H12BrFO2. The van der Waals surface area contributed by atoms with Gasteiger partial charge >= 0.3 is 0 Å². The van der Waals surface area contributed by atoms with Gasteiger partial charge in [0.05, 0.1) is 0 Å². The van der Waals surface area contributed by atoms with Gasteiger partial charge in [-0.05, 0) is 47.0 Å². The average Bonchev–Trinajstić information content (AvgIpc) is 2.75. The third kappa shape index (κ3) is 4.53. The van der Waals surface area contributed by atoms with Gasteiger partial charge in [0, 0.05) is 23.2 Å². The van der Waals surface area contributed by atoms with Crippen molar-refractivity contribution in [3.63, 3.8) is 0 Å². The molecular weight excluding hydrogens is 263 g/mol.